The van der Waals surface area contributed by atoms with Crippen LogP contribution in [0.3, 0.4) is 0 Å². The van der Waals surface area contributed by atoms with E-state index in [4.69, 9.17) is 9.15 Å². The van der Waals surface area contributed by atoms with Crippen LogP contribution in [-0.4, -0.2) is 23.1 Å². The molecule has 4 rings (SSSR count). The van der Waals surface area contributed by atoms with Gasteiger partial charge in [-0.15, -0.1) is 0 Å². The molecule has 2 aromatic carbocycles. The summed E-state index contributed by atoms with van der Waals surface area (Å²) in [4.78, 5) is 16.5. The number of anilines is 1. The van der Waals surface area contributed by atoms with Gasteiger partial charge in [-0.05, 0) is 57.2 Å². The number of hydrogen-bond acceptors (Lipinski definition) is 5. The maximum Gasteiger partial charge on any atom is 0.306 e. The molecule has 0 aliphatic carbocycles. The zero-order chi connectivity index (χ0) is 25.5. The van der Waals surface area contributed by atoms with Gasteiger partial charge in [0.1, 0.15) is 11.4 Å². The van der Waals surface area contributed by atoms with Crippen LogP contribution < -0.4 is 5.32 Å². The molecule has 2 heterocycles. The lowest BCUT2D eigenvalue weighted by molar-refractivity contribution is -0.154. The van der Waals surface area contributed by atoms with E-state index in [0.29, 0.717) is 12.1 Å². The molecule has 0 bridgehead atoms. The largest absolute Gasteiger partial charge is 0.460 e. The smallest absolute Gasteiger partial charge is 0.306 e. The molecular formula is C31H36N2O3. The maximum absolute atomic E-state index is 11.9. The number of benzene rings is 2. The summed E-state index contributed by atoms with van der Waals surface area (Å²) in [5, 5.41) is 4.59. The number of aromatic nitrogens is 1. The normalized spacial score (nSPS) is 11.6. The molecule has 0 saturated heterocycles. The van der Waals surface area contributed by atoms with Gasteiger partial charge in [0.15, 0.2) is 0 Å². The second-order valence-corrected chi connectivity index (χ2v) is 10.1. The summed E-state index contributed by atoms with van der Waals surface area (Å²) in [6.07, 6.45) is 5.97. The highest BCUT2D eigenvalue weighted by atomic mass is 16.6. The fourth-order valence-corrected chi connectivity index (χ4v) is 4.33. The number of nitrogens with zero attached hydrogens (tertiary/aromatic N) is 1. The lowest BCUT2D eigenvalue weighted by atomic mass is 9.97. The van der Waals surface area contributed by atoms with Gasteiger partial charge in [0, 0.05) is 36.0 Å². The van der Waals surface area contributed by atoms with Crippen molar-refractivity contribution in [2.45, 2.75) is 65.4 Å². The molecule has 5 heteroatoms. The summed E-state index contributed by atoms with van der Waals surface area (Å²) in [5.74, 6) is 0.700. The number of esters is 1. The van der Waals surface area contributed by atoms with Gasteiger partial charge in [-0.3, -0.25) is 4.79 Å². The van der Waals surface area contributed by atoms with Crippen LogP contribution >= 0.6 is 0 Å². The minimum absolute atomic E-state index is 0.128. The number of rotatable bonds is 10. The number of pyridine rings is 1. The molecule has 0 aliphatic heterocycles. The van der Waals surface area contributed by atoms with Crippen molar-refractivity contribution in [1.29, 1.82) is 0 Å². The van der Waals surface area contributed by atoms with Crippen molar-refractivity contribution < 1.29 is 13.9 Å². The van der Waals surface area contributed by atoms with E-state index in [0.717, 1.165) is 65.8 Å². The monoisotopic (exact) mass is 484 g/mol. The third kappa shape index (κ3) is 6.34. The Balaban J connectivity index is 1.54. The van der Waals surface area contributed by atoms with Gasteiger partial charge in [-0.25, -0.2) is 4.98 Å². The molecule has 0 atom stereocenters. The lowest BCUT2D eigenvalue weighted by Crippen LogP contribution is -2.23. The highest BCUT2D eigenvalue weighted by molar-refractivity contribution is 6.06. The Bertz CT molecular complexity index is 1290. The number of nitrogens with one attached hydrogen (secondary N) is 1. The van der Waals surface area contributed by atoms with Crippen LogP contribution in [-0.2, 0) is 16.0 Å². The molecule has 0 amide bonds. The zero-order valence-electron chi connectivity index (χ0n) is 21.8. The Morgan fingerprint density at radius 1 is 0.944 bits per heavy atom. The van der Waals surface area contributed by atoms with Crippen LogP contribution in [0.2, 0.25) is 0 Å². The third-order valence-electron chi connectivity index (χ3n) is 6.07. The number of unbranched alkanes of at least 4 members (excludes halogenated alkanes) is 2. The van der Waals surface area contributed by atoms with E-state index in [1.807, 2.05) is 45.0 Å². The first kappa shape index (κ1) is 25.5. The molecule has 36 heavy (non-hydrogen) atoms. The Labute approximate surface area is 213 Å². The molecule has 188 valence electrons. The van der Waals surface area contributed by atoms with Crippen LogP contribution in [0.15, 0.2) is 71.3 Å². The van der Waals surface area contributed by atoms with E-state index in [9.17, 15) is 4.79 Å². The first-order valence-corrected chi connectivity index (χ1v) is 12.9. The number of carbonyl (C=O) groups excluding carboxylic acids is 1. The summed E-state index contributed by atoms with van der Waals surface area (Å²) in [5.41, 5.74) is 5.70. The van der Waals surface area contributed by atoms with Crippen LogP contribution in [0.1, 0.15) is 58.9 Å². The Hall–Kier alpha value is -3.60. The number of ether oxygens (including phenoxy) is 1. The van der Waals surface area contributed by atoms with Crippen molar-refractivity contribution in [3.05, 3.63) is 72.4 Å². The van der Waals surface area contributed by atoms with Gasteiger partial charge in [-0.1, -0.05) is 67.9 Å². The van der Waals surface area contributed by atoms with E-state index >= 15 is 0 Å². The third-order valence-corrected chi connectivity index (χ3v) is 6.07. The van der Waals surface area contributed by atoms with Crippen molar-refractivity contribution >= 4 is 22.8 Å². The summed E-state index contributed by atoms with van der Waals surface area (Å²) in [6.45, 7) is 8.66. The summed E-state index contributed by atoms with van der Waals surface area (Å²) in [7, 11) is 0. The minimum Gasteiger partial charge on any atom is -0.460 e. The average Bonchev–Trinajstić information content (AvgIpc) is 3.26. The summed E-state index contributed by atoms with van der Waals surface area (Å²) >= 11 is 0. The van der Waals surface area contributed by atoms with E-state index in [-0.39, 0.29) is 5.97 Å². The highest BCUT2D eigenvalue weighted by Gasteiger charge is 2.21. The van der Waals surface area contributed by atoms with Crippen molar-refractivity contribution in [1.82, 2.24) is 4.98 Å². The Kier molecular flexibility index (Phi) is 8.09. The van der Waals surface area contributed by atoms with Gasteiger partial charge in [0.05, 0.1) is 5.39 Å². The van der Waals surface area contributed by atoms with Crippen molar-refractivity contribution in [2.75, 3.05) is 11.9 Å². The Morgan fingerprint density at radius 3 is 2.39 bits per heavy atom. The van der Waals surface area contributed by atoms with Crippen molar-refractivity contribution in [2.24, 2.45) is 0 Å². The second kappa shape index (κ2) is 11.4. The predicted octanol–water partition coefficient (Wildman–Crippen LogP) is 8.04. The first-order valence-electron chi connectivity index (χ1n) is 12.9. The van der Waals surface area contributed by atoms with E-state index in [1.54, 1.807) is 6.20 Å². The summed E-state index contributed by atoms with van der Waals surface area (Å²) in [6, 6.07) is 20.9. The standard InChI is InChI=1S/C31H36N2O3/c1-5-22-15-17-23(18-16-22)27-28-25(32-20-11-7-10-14-26(34)36-31(2,3)4)19-21-33-30(28)35-29(27)24-12-8-6-9-13-24/h6,8-9,12-13,15-19,21H,5,7,10-11,14,20H2,1-4H3,(H,32,33). The number of hydrogen-bond donors (Lipinski definition) is 1. The van der Waals surface area contributed by atoms with Gasteiger partial charge in [0.25, 0.3) is 0 Å². The van der Waals surface area contributed by atoms with Crippen LogP contribution in [0.5, 0.6) is 0 Å². The topological polar surface area (TPSA) is 64.4 Å². The van der Waals surface area contributed by atoms with Crippen LogP contribution in [0.25, 0.3) is 33.6 Å². The molecule has 1 N–H and O–H groups in total. The number of fused-ring (bicyclic) bond motifs is 1. The second-order valence-electron chi connectivity index (χ2n) is 10.1. The van der Waals surface area contributed by atoms with Crippen molar-refractivity contribution in [3.8, 4) is 22.5 Å². The number of carbonyl (C=O) groups is 1. The molecule has 0 saturated carbocycles. The van der Waals surface area contributed by atoms with Gasteiger partial charge >= 0.3 is 5.97 Å². The molecule has 5 nitrogen and oxygen atoms in total. The molecule has 0 aliphatic rings. The van der Waals surface area contributed by atoms with Gasteiger partial charge in [-0.2, -0.15) is 0 Å². The number of aryl methyl sites for hydroxylation is 1. The molecule has 0 radical (unpaired) electrons. The van der Waals surface area contributed by atoms with E-state index in [2.05, 4.69) is 53.6 Å². The lowest BCUT2D eigenvalue weighted by Gasteiger charge is -2.19. The van der Waals surface area contributed by atoms with Gasteiger partial charge < -0.3 is 14.5 Å². The Morgan fingerprint density at radius 2 is 1.69 bits per heavy atom. The van der Waals surface area contributed by atoms with Crippen LogP contribution in [0, 0.1) is 0 Å². The molecule has 2 aromatic heterocycles. The zero-order valence-corrected chi connectivity index (χ0v) is 21.8. The molecular weight excluding hydrogens is 448 g/mol. The van der Waals surface area contributed by atoms with Gasteiger partial charge in [0.2, 0.25) is 5.71 Å². The summed E-state index contributed by atoms with van der Waals surface area (Å²) < 4.78 is 11.7. The average molecular weight is 485 g/mol. The molecule has 4 aromatic rings. The van der Waals surface area contributed by atoms with Crippen LogP contribution in [0.4, 0.5) is 5.69 Å². The molecule has 0 fully saturated rings. The highest BCUT2D eigenvalue weighted by Crippen LogP contribution is 2.43. The SMILES string of the molecule is CCc1ccc(-c2c(-c3ccccc3)oc3nccc(NCCCCCC(=O)OC(C)(C)C)c23)cc1. The fraction of sp³-hybridized carbons (Fsp3) is 0.355. The molecule has 0 spiro atoms. The quantitative estimate of drug-likeness (QED) is 0.182. The van der Waals surface area contributed by atoms with Crippen molar-refractivity contribution in [3.63, 3.8) is 0 Å². The maximum atomic E-state index is 11.9. The molecule has 0 unspecified atom stereocenters. The van der Waals surface area contributed by atoms with E-state index < -0.39 is 5.60 Å². The first-order chi connectivity index (χ1) is 17.4. The predicted molar refractivity (Wildman–Crippen MR) is 147 cm³/mol. The minimum atomic E-state index is -0.427. The number of furan rings is 1. The van der Waals surface area contributed by atoms with E-state index in [1.165, 1.54) is 5.56 Å². The fourth-order valence-electron chi connectivity index (χ4n) is 4.33.